The van der Waals surface area contributed by atoms with Gasteiger partial charge in [0.25, 0.3) is 0 Å². The second kappa shape index (κ2) is 13.5. The smallest absolute Gasteiger partial charge is 0.408 e. The van der Waals surface area contributed by atoms with Gasteiger partial charge in [0.2, 0.25) is 0 Å². The number of carboxylic acid groups (broad SMARTS) is 1. The molecule has 1 aliphatic rings. The molecule has 6 rings (SSSR count). The van der Waals surface area contributed by atoms with Crippen LogP contribution in [0.4, 0.5) is 4.79 Å². The number of amides is 1. The van der Waals surface area contributed by atoms with E-state index in [1.807, 2.05) is 91.0 Å². The van der Waals surface area contributed by atoms with Crippen molar-refractivity contribution in [2.24, 2.45) is 0 Å². The number of nitrogens with one attached hydrogen (secondary N) is 1. The first kappa shape index (κ1) is 29.0. The van der Waals surface area contributed by atoms with Crippen molar-refractivity contribution < 1.29 is 24.2 Å². The average molecular weight is 590 g/mol. The number of carbonyl (C=O) groups excluding carboxylic acids is 1. The van der Waals surface area contributed by atoms with Crippen molar-refractivity contribution in [1.82, 2.24) is 14.9 Å². The van der Waals surface area contributed by atoms with Crippen LogP contribution < -0.4 is 10.1 Å². The summed E-state index contributed by atoms with van der Waals surface area (Å²) in [7, 11) is 0. The molecule has 1 atom stereocenters. The number of imidazole rings is 1. The van der Waals surface area contributed by atoms with Crippen LogP contribution in [0.3, 0.4) is 0 Å². The Morgan fingerprint density at radius 1 is 0.886 bits per heavy atom. The fourth-order valence-corrected chi connectivity index (χ4v) is 5.84. The zero-order valence-electron chi connectivity index (χ0n) is 24.4. The number of aromatic nitrogens is 2. The summed E-state index contributed by atoms with van der Waals surface area (Å²) in [6, 6.07) is 32.1. The number of rotatable bonds is 10. The minimum Gasteiger partial charge on any atom is -0.491 e. The molecule has 1 aromatic heterocycles. The van der Waals surface area contributed by atoms with E-state index in [-0.39, 0.29) is 18.8 Å². The van der Waals surface area contributed by atoms with Crippen LogP contribution >= 0.6 is 0 Å². The molecule has 1 fully saturated rings. The van der Waals surface area contributed by atoms with E-state index < -0.39 is 18.1 Å². The van der Waals surface area contributed by atoms with Crippen molar-refractivity contribution >= 4 is 23.1 Å². The quantitative estimate of drug-likeness (QED) is 0.171. The molecule has 2 N–H and O–H groups in total. The molecule has 0 aliphatic heterocycles. The minimum absolute atomic E-state index is 0.180. The van der Waals surface area contributed by atoms with Gasteiger partial charge in [-0.3, -0.25) is 0 Å². The first-order chi connectivity index (χ1) is 21.5. The molecule has 0 unspecified atom stereocenters. The monoisotopic (exact) mass is 589 g/mol. The zero-order chi connectivity index (χ0) is 30.3. The summed E-state index contributed by atoms with van der Waals surface area (Å²) in [4.78, 5) is 29.2. The molecule has 1 aliphatic carbocycles. The molecule has 4 aromatic carbocycles. The highest BCUT2D eigenvalue weighted by Gasteiger charge is 2.23. The first-order valence-electron chi connectivity index (χ1n) is 15.1. The summed E-state index contributed by atoms with van der Waals surface area (Å²) < 4.78 is 13.9. The van der Waals surface area contributed by atoms with Gasteiger partial charge in [-0.15, -0.1) is 0 Å². The summed E-state index contributed by atoms with van der Waals surface area (Å²) >= 11 is 0. The van der Waals surface area contributed by atoms with Crippen LogP contribution in [0, 0.1) is 0 Å². The highest BCUT2D eigenvalue weighted by molar-refractivity contribution is 5.93. The average Bonchev–Trinajstić information content (AvgIpc) is 3.46. The third-order valence-corrected chi connectivity index (χ3v) is 8.11. The number of benzene rings is 4. The van der Waals surface area contributed by atoms with Crippen LogP contribution in [-0.2, 0) is 11.3 Å². The molecular formula is C36H35N3O5. The third-order valence-electron chi connectivity index (χ3n) is 8.11. The number of aromatic carboxylic acids is 1. The van der Waals surface area contributed by atoms with Crippen LogP contribution in [-0.4, -0.2) is 33.3 Å². The van der Waals surface area contributed by atoms with Gasteiger partial charge in [0, 0.05) is 11.6 Å². The lowest BCUT2D eigenvalue weighted by atomic mass is 9.95. The molecule has 5 aromatic rings. The Hall–Kier alpha value is -5.11. The summed E-state index contributed by atoms with van der Waals surface area (Å²) in [5.41, 5.74) is 4.61. The third kappa shape index (κ3) is 6.75. The molecule has 0 bridgehead atoms. The summed E-state index contributed by atoms with van der Waals surface area (Å²) in [6.45, 7) is 0.391. The number of alkyl carbamates (subject to hydrolysis) is 1. The Bertz CT molecular complexity index is 1710. The molecule has 8 heteroatoms. The number of nitrogens with zero attached hydrogens (tertiary/aromatic N) is 2. The molecule has 1 heterocycles. The number of carboxylic acids is 1. The molecule has 0 saturated heterocycles. The number of fused-ring (bicyclic) bond motifs is 1. The van der Waals surface area contributed by atoms with Gasteiger partial charge in [0.15, 0.2) is 0 Å². The number of hydrogen-bond donors (Lipinski definition) is 2. The molecule has 224 valence electrons. The van der Waals surface area contributed by atoms with Crippen molar-refractivity contribution in [1.29, 1.82) is 0 Å². The molecule has 1 amide bonds. The van der Waals surface area contributed by atoms with E-state index in [0.717, 1.165) is 40.9 Å². The SMILES string of the molecule is O=C(N[C@H](COc1ccc(-c2nc3cc(C(=O)O)ccc3n2C2CCCCC2)cc1)c1ccccc1)OCc1ccccc1. The Kier molecular flexibility index (Phi) is 8.87. The fourth-order valence-electron chi connectivity index (χ4n) is 5.84. The Balaban J connectivity index is 1.19. The maximum atomic E-state index is 12.7. The molecule has 1 saturated carbocycles. The fraction of sp³-hybridized carbons (Fsp3) is 0.250. The van der Waals surface area contributed by atoms with E-state index >= 15 is 0 Å². The van der Waals surface area contributed by atoms with Crippen molar-refractivity contribution in [2.75, 3.05) is 6.61 Å². The largest absolute Gasteiger partial charge is 0.491 e. The Morgan fingerprint density at radius 3 is 2.30 bits per heavy atom. The lowest BCUT2D eigenvalue weighted by Crippen LogP contribution is -2.32. The molecule has 44 heavy (non-hydrogen) atoms. The minimum atomic E-state index is -0.963. The summed E-state index contributed by atoms with van der Waals surface area (Å²) in [5.74, 6) is 0.517. The lowest BCUT2D eigenvalue weighted by Gasteiger charge is -2.25. The first-order valence-corrected chi connectivity index (χ1v) is 15.1. The van der Waals surface area contributed by atoms with Crippen molar-refractivity contribution in [3.05, 3.63) is 120 Å². The van der Waals surface area contributed by atoms with Crippen LogP contribution in [0.15, 0.2) is 103 Å². The topological polar surface area (TPSA) is 103 Å². The van der Waals surface area contributed by atoms with E-state index in [0.29, 0.717) is 17.3 Å². The number of carbonyl (C=O) groups is 2. The zero-order valence-corrected chi connectivity index (χ0v) is 24.4. The predicted octanol–water partition coefficient (Wildman–Crippen LogP) is 7.95. The molecule has 8 nitrogen and oxygen atoms in total. The van der Waals surface area contributed by atoms with E-state index in [2.05, 4.69) is 9.88 Å². The number of ether oxygens (including phenoxy) is 2. The second-order valence-electron chi connectivity index (χ2n) is 11.1. The van der Waals surface area contributed by atoms with Crippen LogP contribution in [0.1, 0.15) is 65.7 Å². The number of hydrogen-bond acceptors (Lipinski definition) is 5. The highest BCUT2D eigenvalue weighted by Crippen LogP contribution is 2.36. The maximum absolute atomic E-state index is 12.7. The van der Waals surface area contributed by atoms with E-state index in [1.54, 1.807) is 12.1 Å². The Morgan fingerprint density at radius 2 is 1.59 bits per heavy atom. The van der Waals surface area contributed by atoms with E-state index in [9.17, 15) is 14.7 Å². The standard InChI is InChI=1S/C36H35N3O5/c40-35(41)28-18-21-33-31(22-28)37-34(39(33)29-14-8-3-9-15-29)27-16-19-30(20-17-27)43-24-32(26-12-6-2-7-13-26)38-36(42)44-23-25-10-4-1-5-11-25/h1-2,4-7,10-13,16-22,29,32H,3,8-9,14-15,23-24H2,(H,38,42)(H,40,41)/t32-/m1/s1. The molecule has 0 spiro atoms. The van der Waals surface area contributed by atoms with Crippen molar-refractivity contribution in [2.45, 2.75) is 50.8 Å². The van der Waals surface area contributed by atoms with Gasteiger partial charge in [-0.2, -0.15) is 0 Å². The highest BCUT2D eigenvalue weighted by atomic mass is 16.5. The summed E-state index contributed by atoms with van der Waals surface area (Å²) in [6.07, 6.45) is 5.19. The second-order valence-corrected chi connectivity index (χ2v) is 11.1. The van der Waals surface area contributed by atoms with Gasteiger partial charge in [-0.25, -0.2) is 14.6 Å². The van der Waals surface area contributed by atoms with Crippen molar-refractivity contribution in [3.63, 3.8) is 0 Å². The molecular weight excluding hydrogens is 554 g/mol. The molecule has 0 radical (unpaired) electrons. The predicted molar refractivity (Wildman–Crippen MR) is 169 cm³/mol. The van der Waals surface area contributed by atoms with Gasteiger partial charge in [0.1, 0.15) is 24.8 Å². The van der Waals surface area contributed by atoms with Gasteiger partial charge in [-0.05, 0) is 66.4 Å². The van der Waals surface area contributed by atoms with Crippen molar-refractivity contribution in [3.8, 4) is 17.1 Å². The normalized spacial score (nSPS) is 14.2. The Labute approximate surface area is 256 Å². The van der Waals surface area contributed by atoms with Crippen LogP contribution in [0.25, 0.3) is 22.4 Å². The van der Waals surface area contributed by atoms with Gasteiger partial charge >= 0.3 is 12.1 Å². The van der Waals surface area contributed by atoms with Crippen LogP contribution in [0.2, 0.25) is 0 Å². The van der Waals surface area contributed by atoms with E-state index in [4.69, 9.17) is 14.5 Å². The summed E-state index contributed by atoms with van der Waals surface area (Å²) in [5, 5.41) is 12.5. The van der Waals surface area contributed by atoms with E-state index in [1.165, 1.54) is 19.3 Å². The maximum Gasteiger partial charge on any atom is 0.408 e. The lowest BCUT2D eigenvalue weighted by molar-refractivity contribution is 0.0697. The van der Waals surface area contributed by atoms with Crippen LogP contribution in [0.5, 0.6) is 5.75 Å². The van der Waals surface area contributed by atoms with Gasteiger partial charge < -0.3 is 24.5 Å². The van der Waals surface area contributed by atoms with Gasteiger partial charge in [0.05, 0.1) is 22.6 Å². The van der Waals surface area contributed by atoms with Gasteiger partial charge in [-0.1, -0.05) is 79.9 Å².